The van der Waals surface area contributed by atoms with E-state index in [2.05, 4.69) is 27.4 Å². The van der Waals surface area contributed by atoms with Crippen LogP contribution in [0.4, 0.5) is 11.4 Å². The van der Waals surface area contributed by atoms with Crippen LogP contribution in [-0.2, 0) is 11.2 Å². The number of hydrogen-bond acceptors (Lipinski definition) is 4. The van der Waals surface area contributed by atoms with Crippen molar-refractivity contribution in [3.63, 3.8) is 0 Å². The van der Waals surface area contributed by atoms with E-state index < -0.39 is 0 Å². The largest absolute Gasteiger partial charge is 0.355 e. The molecule has 0 radical (unpaired) electrons. The number of nitrogens with one attached hydrogen (secondary N) is 2. The number of anilines is 2. The van der Waals surface area contributed by atoms with Gasteiger partial charge in [0.2, 0.25) is 5.91 Å². The Labute approximate surface area is 182 Å². The zero-order valence-corrected chi connectivity index (χ0v) is 18.0. The number of halogens is 1. The number of piperidine rings is 1. The summed E-state index contributed by atoms with van der Waals surface area (Å²) in [7, 11) is 0. The summed E-state index contributed by atoms with van der Waals surface area (Å²) in [5.41, 5.74) is 3.80. The quantitative estimate of drug-likeness (QED) is 0.600. The average Bonchev–Trinajstić information content (AvgIpc) is 2.75. The Kier molecular flexibility index (Phi) is 6.50. The lowest BCUT2D eigenvalue weighted by Crippen LogP contribution is -2.47. The Bertz CT molecular complexity index is 1020. The number of pyridine rings is 1. The van der Waals surface area contributed by atoms with Gasteiger partial charge in [-0.15, -0.1) is 0 Å². The van der Waals surface area contributed by atoms with Crippen molar-refractivity contribution in [1.29, 1.82) is 0 Å². The minimum atomic E-state index is 0.0932. The van der Waals surface area contributed by atoms with Crippen LogP contribution in [0.25, 0.3) is 10.9 Å². The predicted molar refractivity (Wildman–Crippen MR) is 123 cm³/mol. The van der Waals surface area contributed by atoms with E-state index in [0.29, 0.717) is 11.4 Å². The average molecular weight is 423 g/mol. The van der Waals surface area contributed by atoms with Gasteiger partial charge in [-0.05, 0) is 67.9 Å². The molecule has 156 valence electrons. The van der Waals surface area contributed by atoms with Crippen LogP contribution in [0.15, 0.2) is 54.7 Å². The number of amides is 1. The maximum Gasteiger partial charge on any atom is 0.224 e. The molecule has 2 aromatic carbocycles. The zero-order valence-electron chi connectivity index (χ0n) is 17.2. The number of aromatic nitrogens is 1. The standard InChI is InChI=1S/C24H27ClN4O/c1-2-29-13-3-4-20(16-29)28-24(30)14-17-5-8-19(9-6-17)27-22-11-12-26-23-15-18(25)7-10-21(22)23/h5-12,15,20H,2-4,13-14,16H2,1H3,(H,26,27)(H,28,30). The normalized spacial score (nSPS) is 17.1. The molecular weight excluding hydrogens is 396 g/mol. The first-order chi connectivity index (χ1) is 14.6. The number of likely N-dealkylation sites (tertiary alicyclic amines) is 1. The van der Waals surface area contributed by atoms with E-state index in [1.54, 1.807) is 6.20 Å². The van der Waals surface area contributed by atoms with Crippen LogP contribution in [0.5, 0.6) is 0 Å². The van der Waals surface area contributed by atoms with Crippen LogP contribution in [0.1, 0.15) is 25.3 Å². The van der Waals surface area contributed by atoms with E-state index in [9.17, 15) is 4.79 Å². The van der Waals surface area contributed by atoms with E-state index in [4.69, 9.17) is 11.6 Å². The SMILES string of the molecule is CCN1CCCC(NC(=O)Cc2ccc(Nc3ccnc4cc(Cl)ccc34)cc2)C1. The Morgan fingerprint density at radius 2 is 2.03 bits per heavy atom. The number of rotatable bonds is 6. The second kappa shape index (κ2) is 9.45. The summed E-state index contributed by atoms with van der Waals surface area (Å²) >= 11 is 6.07. The van der Waals surface area contributed by atoms with Gasteiger partial charge in [0.25, 0.3) is 0 Å². The fourth-order valence-electron chi connectivity index (χ4n) is 4.02. The number of likely N-dealkylation sites (N-methyl/N-ethyl adjacent to an activating group) is 1. The first-order valence-corrected chi connectivity index (χ1v) is 10.9. The van der Waals surface area contributed by atoms with E-state index in [1.165, 1.54) is 0 Å². The molecule has 1 amide bonds. The second-order valence-corrected chi connectivity index (χ2v) is 8.26. The number of hydrogen-bond donors (Lipinski definition) is 2. The van der Waals surface area contributed by atoms with Crippen molar-refractivity contribution in [3.8, 4) is 0 Å². The minimum Gasteiger partial charge on any atom is -0.355 e. The number of carbonyl (C=O) groups is 1. The molecule has 1 fully saturated rings. The Morgan fingerprint density at radius 1 is 1.20 bits per heavy atom. The summed E-state index contributed by atoms with van der Waals surface area (Å²) in [6.07, 6.45) is 4.38. The topological polar surface area (TPSA) is 57.3 Å². The van der Waals surface area contributed by atoms with Crippen molar-refractivity contribution in [2.45, 2.75) is 32.2 Å². The number of fused-ring (bicyclic) bond motifs is 1. The van der Waals surface area contributed by atoms with Crippen molar-refractivity contribution in [2.24, 2.45) is 0 Å². The molecule has 1 aromatic heterocycles. The molecule has 3 aromatic rings. The summed E-state index contributed by atoms with van der Waals surface area (Å²) in [5.74, 6) is 0.0932. The first-order valence-electron chi connectivity index (χ1n) is 10.5. The second-order valence-electron chi connectivity index (χ2n) is 7.82. The highest BCUT2D eigenvalue weighted by Crippen LogP contribution is 2.27. The molecule has 30 heavy (non-hydrogen) atoms. The van der Waals surface area contributed by atoms with Gasteiger partial charge in [0.15, 0.2) is 0 Å². The minimum absolute atomic E-state index is 0.0932. The third kappa shape index (κ3) is 5.10. The van der Waals surface area contributed by atoms with Crippen LogP contribution < -0.4 is 10.6 Å². The van der Waals surface area contributed by atoms with E-state index >= 15 is 0 Å². The highest BCUT2D eigenvalue weighted by Gasteiger charge is 2.20. The Morgan fingerprint density at radius 3 is 2.83 bits per heavy atom. The maximum absolute atomic E-state index is 12.5. The maximum atomic E-state index is 12.5. The lowest BCUT2D eigenvalue weighted by molar-refractivity contribution is -0.121. The summed E-state index contributed by atoms with van der Waals surface area (Å²) in [6.45, 7) is 5.30. The lowest BCUT2D eigenvalue weighted by Gasteiger charge is -2.32. The van der Waals surface area contributed by atoms with Gasteiger partial charge in [0, 0.05) is 40.6 Å². The number of nitrogens with zero attached hydrogens (tertiary/aromatic N) is 2. The van der Waals surface area contributed by atoms with Crippen LogP contribution in [0.3, 0.4) is 0 Å². The first kappa shape index (κ1) is 20.6. The van der Waals surface area contributed by atoms with Crippen molar-refractivity contribution in [1.82, 2.24) is 15.2 Å². The molecule has 1 saturated heterocycles. The predicted octanol–water partition coefficient (Wildman–Crippen LogP) is 4.77. The van der Waals surface area contributed by atoms with Gasteiger partial charge in [0.1, 0.15) is 0 Å². The van der Waals surface area contributed by atoms with Crippen molar-refractivity contribution >= 4 is 39.8 Å². The monoisotopic (exact) mass is 422 g/mol. The molecule has 0 bridgehead atoms. The van der Waals surface area contributed by atoms with E-state index in [0.717, 1.165) is 60.3 Å². The number of carbonyl (C=O) groups excluding carboxylic acids is 1. The summed E-state index contributed by atoms with van der Waals surface area (Å²) in [6, 6.07) is 15.9. The molecule has 1 atom stereocenters. The number of benzene rings is 2. The molecular formula is C24H27ClN4O. The molecule has 0 saturated carbocycles. The van der Waals surface area contributed by atoms with Gasteiger partial charge in [-0.2, -0.15) is 0 Å². The van der Waals surface area contributed by atoms with Crippen molar-refractivity contribution < 1.29 is 4.79 Å². The van der Waals surface area contributed by atoms with E-state index in [-0.39, 0.29) is 11.9 Å². The zero-order chi connectivity index (χ0) is 20.9. The van der Waals surface area contributed by atoms with Crippen molar-refractivity contribution in [2.75, 3.05) is 25.0 Å². The van der Waals surface area contributed by atoms with Crippen LogP contribution in [-0.4, -0.2) is 41.5 Å². The molecule has 1 unspecified atom stereocenters. The van der Waals surface area contributed by atoms with Gasteiger partial charge in [0.05, 0.1) is 11.9 Å². The molecule has 2 N–H and O–H groups in total. The lowest BCUT2D eigenvalue weighted by atomic mass is 10.0. The van der Waals surface area contributed by atoms with Crippen molar-refractivity contribution in [3.05, 3.63) is 65.3 Å². The molecule has 0 spiro atoms. The van der Waals surface area contributed by atoms with Gasteiger partial charge in [-0.1, -0.05) is 30.7 Å². The highest BCUT2D eigenvalue weighted by molar-refractivity contribution is 6.31. The molecule has 4 rings (SSSR count). The molecule has 1 aliphatic rings. The summed E-state index contributed by atoms with van der Waals surface area (Å²) in [5, 5.41) is 8.32. The third-order valence-corrected chi connectivity index (χ3v) is 5.86. The molecule has 0 aliphatic carbocycles. The van der Waals surface area contributed by atoms with E-state index in [1.807, 2.05) is 48.5 Å². The van der Waals surface area contributed by atoms with Crippen LogP contribution in [0.2, 0.25) is 5.02 Å². The van der Waals surface area contributed by atoms with Crippen LogP contribution >= 0.6 is 11.6 Å². The third-order valence-electron chi connectivity index (χ3n) is 5.62. The fourth-order valence-corrected chi connectivity index (χ4v) is 4.18. The fraction of sp³-hybridized carbons (Fsp3) is 0.333. The molecule has 6 heteroatoms. The highest BCUT2D eigenvalue weighted by atomic mass is 35.5. The van der Waals surface area contributed by atoms with Gasteiger partial charge >= 0.3 is 0 Å². The van der Waals surface area contributed by atoms with Gasteiger partial charge in [-0.25, -0.2) is 0 Å². The summed E-state index contributed by atoms with van der Waals surface area (Å²) < 4.78 is 0. The smallest absolute Gasteiger partial charge is 0.224 e. The molecule has 2 heterocycles. The molecule has 1 aliphatic heterocycles. The Hall–Kier alpha value is -2.63. The van der Waals surface area contributed by atoms with Gasteiger partial charge < -0.3 is 15.5 Å². The van der Waals surface area contributed by atoms with Gasteiger partial charge in [-0.3, -0.25) is 9.78 Å². The summed E-state index contributed by atoms with van der Waals surface area (Å²) in [4.78, 5) is 19.2. The molecule has 5 nitrogen and oxygen atoms in total. The van der Waals surface area contributed by atoms with Crippen LogP contribution in [0, 0.1) is 0 Å². The Balaban J connectivity index is 1.37.